The van der Waals surface area contributed by atoms with Crippen LogP contribution in [-0.2, 0) is 23.7 Å². The zero-order valence-electron chi connectivity index (χ0n) is 7.71. The van der Waals surface area contributed by atoms with Crippen molar-refractivity contribution < 1.29 is 28.8 Å². The normalized spacial score (nSPS) is 41.1. The van der Waals surface area contributed by atoms with Crippen LogP contribution in [-0.4, -0.2) is 49.1 Å². The molecule has 0 aromatic heterocycles. The van der Waals surface area contributed by atoms with Crippen molar-refractivity contribution in [3.8, 4) is 0 Å². The maximum absolute atomic E-state index is 11.2. The molecule has 2 heterocycles. The lowest BCUT2D eigenvalue weighted by Gasteiger charge is -2.14. The van der Waals surface area contributed by atoms with E-state index < -0.39 is 30.8 Å². The van der Waals surface area contributed by atoms with E-state index in [1.165, 1.54) is 0 Å². The summed E-state index contributed by atoms with van der Waals surface area (Å²) in [4.78, 5) is 11.2. The van der Waals surface area contributed by atoms with Gasteiger partial charge in [-0.3, -0.25) is 0 Å². The van der Waals surface area contributed by atoms with Crippen molar-refractivity contribution in [2.24, 2.45) is 0 Å². The van der Waals surface area contributed by atoms with E-state index in [4.69, 9.17) is 24.1 Å². The van der Waals surface area contributed by atoms with Crippen LogP contribution in [0.3, 0.4) is 0 Å². The molecular formula is C8H12O6. The van der Waals surface area contributed by atoms with Gasteiger partial charge in [-0.2, -0.15) is 0 Å². The first kappa shape index (κ1) is 9.85. The summed E-state index contributed by atoms with van der Waals surface area (Å²) in [6.45, 7) is 1.14. The molecule has 2 aliphatic heterocycles. The number of hydrogen-bond acceptors (Lipinski definition) is 6. The van der Waals surface area contributed by atoms with Gasteiger partial charge in [-0.05, 0) is 6.92 Å². The van der Waals surface area contributed by atoms with Gasteiger partial charge in [0.05, 0.1) is 6.61 Å². The van der Waals surface area contributed by atoms with Gasteiger partial charge in [0.1, 0.15) is 6.10 Å². The fourth-order valence-electron chi connectivity index (χ4n) is 1.54. The van der Waals surface area contributed by atoms with Gasteiger partial charge in [0.15, 0.2) is 12.2 Å². The van der Waals surface area contributed by atoms with Crippen LogP contribution in [0, 0.1) is 0 Å². The number of esters is 1. The van der Waals surface area contributed by atoms with Gasteiger partial charge in [0.2, 0.25) is 0 Å². The largest absolute Gasteiger partial charge is 0.455 e. The SMILES string of the molecule is CCOC1OC2C(=O)OC(CO)C2O1. The van der Waals surface area contributed by atoms with Crippen molar-refractivity contribution in [3.05, 3.63) is 0 Å². The molecule has 80 valence electrons. The molecule has 6 heteroatoms. The van der Waals surface area contributed by atoms with E-state index in [0.29, 0.717) is 6.61 Å². The van der Waals surface area contributed by atoms with Gasteiger partial charge in [-0.25, -0.2) is 4.79 Å². The minimum atomic E-state index is -0.822. The molecule has 6 nitrogen and oxygen atoms in total. The molecule has 2 fully saturated rings. The van der Waals surface area contributed by atoms with E-state index in [-0.39, 0.29) is 6.61 Å². The van der Waals surface area contributed by atoms with Gasteiger partial charge in [0.25, 0.3) is 6.48 Å². The third-order valence-electron chi connectivity index (χ3n) is 2.17. The molecule has 2 saturated heterocycles. The second-order valence-electron chi connectivity index (χ2n) is 3.06. The average Bonchev–Trinajstić information content (AvgIpc) is 2.68. The molecule has 0 amide bonds. The van der Waals surface area contributed by atoms with Gasteiger partial charge >= 0.3 is 5.97 Å². The third-order valence-corrected chi connectivity index (χ3v) is 2.17. The summed E-state index contributed by atoms with van der Waals surface area (Å²) < 4.78 is 20.2. The maximum atomic E-state index is 11.2. The van der Waals surface area contributed by atoms with Crippen LogP contribution in [0.15, 0.2) is 0 Å². The van der Waals surface area contributed by atoms with E-state index in [2.05, 4.69) is 0 Å². The average molecular weight is 204 g/mol. The van der Waals surface area contributed by atoms with Crippen LogP contribution in [0.4, 0.5) is 0 Å². The topological polar surface area (TPSA) is 74.2 Å². The zero-order valence-corrected chi connectivity index (χ0v) is 7.71. The molecule has 14 heavy (non-hydrogen) atoms. The van der Waals surface area contributed by atoms with Crippen molar-refractivity contribution in [1.29, 1.82) is 0 Å². The predicted molar refractivity (Wildman–Crippen MR) is 42.1 cm³/mol. The molecule has 0 aromatic rings. The Labute approximate surface area is 80.7 Å². The standard InChI is InChI=1S/C8H12O6/c1-2-11-8-13-5-4(3-9)12-7(10)6(5)14-8/h4-6,8-9H,2-3H2,1H3. The first-order chi connectivity index (χ1) is 6.76. The second kappa shape index (κ2) is 3.82. The Bertz CT molecular complexity index is 230. The summed E-state index contributed by atoms with van der Waals surface area (Å²) in [5, 5.41) is 8.89. The maximum Gasteiger partial charge on any atom is 0.338 e. The Kier molecular flexibility index (Phi) is 2.69. The number of aliphatic hydroxyl groups is 1. The number of carbonyl (C=O) groups excluding carboxylic acids is 1. The molecule has 0 spiro atoms. The number of hydrogen-bond donors (Lipinski definition) is 1. The molecule has 2 aliphatic rings. The molecule has 4 unspecified atom stereocenters. The number of rotatable bonds is 3. The highest BCUT2D eigenvalue weighted by molar-refractivity contribution is 5.78. The van der Waals surface area contributed by atoms with Crippen LogP contribution in [0.25, 0.3) is 0 Å². The fourth-order valence-corrected chi connectivity index (χ4v) is 1.54. The van der Waals surface area contributed by atoms with Gasteiger partial charge in [-0.1, -0.05) is 0 Å². The molecule has 0 radical (unpaired) electrons. The van der Waals surface area contributed by atoms with Gasteiger partial charge in [0, 0.05) is 6.61 Å². The van der Waals surface area contributed by atoms with Crippen molar-refractivity contribution in [2.45, 2.75) is 31.7 Å². The van der Waals surface area contributed by atoms with Crippen LogP contribution in [0.1, 0.15) is 6.92 Å². The highest BCUT2D eigenvalue weighted by atomic mass is 16.9. The molecule has 2 rings (SSSR count). The van der Waals surface area contributed by atoms with E-state index >= 15 is 0 Å². The number of fused-ring (bicyclic) bond motifs is 1. The summed E-state index contributed by atoms with van der Waals surface area (Å²) in [6, 6.07) is 0. The summed E-state index contributed by atoms with van der Waals surface area (Å²) in [6.07, 6.45) is -1.95. The number of aliphatic hydroxyl groups excluding tert-OH is 1. The lowest BCUT2D eigenvalue weighted by Crippen LogP contribution is -2.30. The van der Waals surface area contributed by atoms with E-state index in [9.17, 15) is 4.79 Å². The smallest absolute Gasteiger partial charge is 0.338 e. The molecule has 0 bridgehead atoms. The van der Waals surface area contributed by atoms with Crippen LogP contribution in [0.2, 0.25) is 0 Å². The van der Waals surface area contributed by atoms with Crippen molar-refractivity contribution >= 4 is 5.97 Å². The number of cyclic esters (lactones) is 1. The monoisotopic (exact) mass is 204 g/mol. The lowest BCUT2D eigenvalue weighted by molar-refractivity contribution is -0.253. The Hall–Kier alpha value is -0.690. The fraction of sp³-hybridized carbons (Fsp3) is 0.875. The van der Waals surface area contributed by atoms with E-state index in [1.807, 2.05) is 0 Å². The second-order valence-corrected chi connectivity index (χ2v) is 3.06. The van der Waals surface area contributed by atoms with Crippen molar-refractivity contribution in [1.82, 2.24) is 0 Å². The van der Waals surface area contributed by atoms with E-state index in [1.54, 1.807) is 6.92 Å². The molecule has 0 saturated carbocycles. The number of carbonyl (C=O) groups is 1. The van der Waals surface area contributed by atoms with Gasteiger partial charge in [-0.15, -0.1) is 0 Å². The minimum Gasteiger partial charge on any atom is -0.455 e. The first-order valence-corrected chi connectivity index (χ1v) is 4.50. The zero-order chi connectivity index (χ0) is 10.1. The third kappa shape index (κ3) is 1.50. The summed E-state index contributed by atoms with van der Waals surface area (Å²) in [5.41, 5.74) is 0. The Morgan fingerprint density at radius 2 is 2.29 bits per heavy atom. The minimum absolute atomic E-state index is 0.269. The van der Waals surface area contributed by atoms with Crippen molar-refractivity contribution in [2.75, 3.05) is 13.2 Å². The summed E-state index contributed by atoms with van der Waals surface area (Å²) in [5.74, 6) is -0.503. The highest BCUT2D eigenvalue weighted by Crippen LogP contribution is 2.30. The molecule has 1 N–H and O–H groups in total. The Morgan fingerprint density at radius 1 is 1.50 bits per heavy atom. The Morgan fingerprint density at radius 3 is 2.93 bits per heavy atom. The highest BCUT2D eigenvalue weighted by Gasteiger charge is 2.53. The number of ether oxygens (including phenoxy) is 4. The quantitative estimate of drug-likeness (QED) is 0.595. The van der Waals surface area contributed by atoms with Crippen LogP contribution < -0.4 is 0 Å². The first-order valence-electron chi connectivity index (χ1n) is 4.50. The molecule has 0 aromatic carbocycles. The molecule has 4 atom stereocenters. The molecule has 0 aliphatic carbocycles. The Balaban J connectivity index is 2.00. The van der Waals surface area contributed by atoms with Crippen molar-refractivity contribution in [3.63, 3.8) is 0 Å². The summed E-state index contributed by atoms with van der Waals surface area (Å²) in [7, 11) is 0. The van der Waals surface area contributed by atoms with Crippen LogP contribution in [0.5, 0.6) is 0 Å². The van der Waals surface area contributed by atoms with Crippen LogP contribution >= 0.6 is 0 Å². The summed E-state index contributed by atoms with van der Waals surface area (Å²) >= 11 is 0. The predicted octanol–water partition coefficient (Wildman–Crippen LogP) is -0.992. The molecular weight excluding hydrogens is 192 g/mol. The van der Waals surface area contributed by atoms with Gasteiger partial charge < -0.3 is 24.1 Å². The van der Waals surface area contributed by atoms with E-state index in [0.717, 1.165) is 0 Å². The lowest BCUT2D eigenvalue weighted by atomic mass is 10.1.